The first-order valence-electron chi connectivity index (χ1n) is 9.74. The molecule has 0 bridgehead atoms. The van der Waals surface area contributed by atoms with Crippen molar-refractivity contribution < 1.29 is 44.1 Å². The van der Waals surface area contributed by atoms with Crippen LogP contribution in [0.25, 0.3) is 0 Å². The number of ether oxygens (including phenoxy) is 1. The molecule has 0 fully saturated rings. The lowest BCUT2D eigenvalue weighted by Crippen LogP contribution is -2.28. The van der Waals surface area contributed by atoms with Crippen LogP contribution < -0.4 is 8.92 Å². The Bertz CT molecular complexity index is 1040. The second-order valence-electron chi connectivity index (χ2n) is 6.56. The Balaban J connectivity index is 2.16. The molecule has 0 N–H and O–H groups in total. The first-order chi connectivity index (χ1) is 15.0. The molecule has 0 spiro atoms. The first kappa shape index (κ1) is 26.2. The number of unbranched alkanes of at least 4 members (excludes halogenated alkanes) is 1. The van der Waals surface area contributed by atoms with Gasteiger partial charge in [-0.2, -0.15) is 21.6 Å². The van der Waals surface area contributed by atoms with Crippen molar-refractivity contribution in [2.24, 2.45) is 0 Å². The minimum atomic E-state index is -5.86. The normalized spacial score (nSPS) is 14.0. The fourth-order valence-electron chi connectivity index (χ4n) is 2.48. The van der Waals surface area contributed by atoms with Crippen LogP contribution in [0.3, 0.4) is 0 Å². The maximum absolute atomic E-state index is 12.7. The summed E-state index contributed by atoms with van der Waals surface area (Å²) >= 11 is 0. The Morgan fingerprint density at radius 1 is 0.969 bits per heavy atom. The smallest absolute Gasteiger partial charge is 0.453 e. The molecule has 2 aromatic carbocycles. The fourth-order valence-corrected chi connectivity index (χ4v) is 4.73. The average molecular weight is 496 g/mol. The Hall–Kier alpha value is -2.07. The topological polar surface area (TPSA) is 88.1 Å². The number of alkyl halides is 3. The van der Waals surface area contributed by atoms with Crippen molar-refractivity contribution >= 4 is 17.7 Å². The SMILES string of the molecule is CCCCP(=O)(OCC)OCc1cccc(Oc2ccccc2OS(=O)(=O)C(F)(F)F)c1. The molecular weight excluding hydrogens is 472 g/mol. The summed E-state index contributed by atoms with van der Waals surface area (Å²) in [6, 6.07) is 11.4. The molecular formula is C20H24F3O7PS. The van der Waals surface area contributed by atoms with Gasteiger partial charge in [0.1, 0.15) is 5.75 Å². The van der Waals surface area contributed by atoms with Crippen LogP contribution in [-0.4, -0.2) is 26.7 Å². The van der Waals surface area contributed by atoms with Crippen LogP contribution in [0.5, 0.6) is 17.2 Å². The number of halogens is 3. The highest BCUT2D eigenvalue weighted by Crippen LogP contribution is 2.49. The second-order valence-corrected chi connectivity index (χ2v) is 10.3. The van der Waals surface area contributed by atoms with E-state index in [-0.39, 0.29) is 30.9 Å². The van der Waals surface area contributed by atoms with Crippen LogP contribution in [0.1, 0.15) is 32.3 Å². The highest BCUT2D eigenvalue weighted by Gasteiger charge is 2.49. The van der Waals surface area contributed by atoms with Gasteiger partial charge in [0.25, 0.3) is 0 Å². The van der Waals surface area contributed by atoms with Crippen LogP contribution in [0.15, 0.2) is 48.5 Å². The van der Waals surface area contributed by atoms with Gasteiger partial charge in [-0.05, 0) is 43.2 Å². The minimum absolute atomic E-state index is 0.0429. The number of hydrogen-bond acceptors (Lipinski definition) is 7. The van der Waals surface area contributed by atoms with Gasteiger partial charge in [-0.15, -0.1) is 0 Å². The third-order valence-corrected chi connectivity index (χ3v) is 7.00. The molecule has 7 nitrogen and oxygen atoms in total. The molecule has 178 valence electrons. The lowest BCUT2D eigenvalue weighted by Gasteiger charge is -2.18. The molecule has 0 aliphatic carbocycles. The number of para-hydroxylation sites is 2. The summed E-state index contributed by atoms with van der Waals surface area (Å²) in [6.07, 6.45) is 1.79. The maximum atomic E-state index is 12.7. The largest absolute Gasteiger partial charge is 0.534 e. The standard InChI is InChI=1S/C20H24F3O7PS/c1-3-5-13-31(24,27-4-2)28-15-16-9-8-10-17(14-16)29-18-11-6-7-12-19(18)30-32(25,26)20(21,22)23/h6-12,14H,3-5,13,15H2,1-2H3. The fraction of sp³-hybridized carbons (Fsp3) is 0.400. The molecule has 0 heterocycles. The van der Waals surface area contributed by atoms with Gasteiger partial charge in [-0.25, -0.2) is 0 Å². The highest BCUT2D eigenvalue weighted by atomic mass is 32.2. The zero-order chi connectivity index (χ0) is 23.8. The Labute approximate surface area is 185 Å². The second kappa shape index (κ2) is 11.2. The Morgan fingerprint density at radius 3 is 2.28 bits per heavy atom. The van der Waals surface area contributed by atoms with Crippen LogP contribution in [-0.2, 0) is 30.3 Å². The van der Waals surface area contributed by atoms with E-state index in [1.54, 1.807) is 19.1 Å². The van der Waals surface area contributed by atoms with Crippen molar-refractivity contribution in [3.8, 4) is 17.2 Å². The van der Waals surface area contributed by atoms with Crippen molar-refractivity contribution in [2.75, 3.05) is 12.8 Å². The van der Waals surface area contributed by atoms with E-state index in [0.29, 0.717) is 12.0 Å². The molecule has 0 aromatic heterocycles. The molecule has 0 aliphatic rings. The quantitative estimate of drug-likeness (QED) is 0.195. The summed E-state index contributed by atoms with van der Waals surface area (Å²) in [5.74, 6) is -0.667. The maximum Gasteiger partial charge on any atom is 0.534 e. The predicted octanol–water partition coefficient (Wildman–Crippen LogP) is 6.25. The van der Waals surface area contributed by atoms with E-state index < -0.39 is 29.0 Å². The molecule has 0 saturated carbocycles. The Morgan fingerprint density at radius 2 is 1.66 bits per heavy atom. The molecule has 2 aromatic rings. The minimum Gasteiger partial charge on any atom is -0.453 e. The molecule has 12 heteroatoms. The third kappa shape index (κ3) is 7.51. The predicted molar refractivity (Wildman–Crippen MR) is 112 cm³/mol. The van der Waals surface area contributed by atoms with Gasteiger partial charge in [0.05, 0.1) is 19.4 Å². The van der Waals surface area contributed by atoms with Gasteiger partial charge in [0.2, 0.25) is 0 Å². The highest BCUT2D eigenvalue weighted by molar-refractivity contribution is 7.88. The van der Waals surface area contributed by atoms with Crippen LogP contribution in [0.4, 0.5) is 13.2 Å². The van der Waals surface area contributed by atoms with Crippen molar-refractivity contribution in [3.05, 3.63) is 54.1 Å². The molecule has 32 heavy (non-hydrogen) atoms. The van der Waals surface area contributed by atoms with Crippen LogP contribution >= 0.6 is 7.60 Å². The van der Waals surface area contributed by atoms with Gasteiger partial charge in [-0.1, -0.05) is 37.6 Å². The summed E-state index contributed by atoms with van der Waals surface area (Å²) in [6.45, 7) is 3.87. The van der Waals surface area contributed by atoms with E-state index in [4.69, 9.17) is 13.8 Å². The molecule has 1 atom stereocenters. The van der Waals surface area contributed by atoms with E-state index in [1.807, 2.05) is 6.92 Å². The third-order valence-electron chi connectivity index (χ3n) is 4.00. The van der Waals surface area contributed by atoms with Crippen molar-refractivity contribution in [1.29, 1.82) is 0 Å². The summed E-state index contributed by atoms with van der Waals surface area (Å²) in [7, 11) is -9.12. The molecule has 0 amide bonds. The zero-order valence-corrected chi connectivity index (χ0v) is 19.2. The Kier molecular flexibility index (Phi) is 9.15. The van der Waals surface area contributed by atoms with E-state index in [1.165, 1.54) is 30.3 Å². The summed E-state index contributed by atoms with van der Waals surface area (Å²) in [4.78, 5) is 0. The lowest BCUT2D eigenvalue weighted by molar-refractivity contribution is -0.0500. The van der Waals surface area contributed by atoms with Crippen molar-refractivity contribution in [3.63, 3.8) is 0 Å². The number of hydrogen-bond donors (Lipinski definition) is 0. The average Bonchev–Trinajstić information content (AvgIpc) is 2.72. The molecule has 0 radical (unpaired) electrons. The first-order valence-corrected chi connectivity index (χ1v) is 12.9. The van der Waals surface area contributed by atoms with Gasteiger partial charge in [0, 0.05) is 0 Å². The number of benzene rings is 2. The van der Waals surface area contributed by atoms with Gasteiger partial charge in [-0.3, -0.25) is 4.57 Å². The summed E-state index contributed by atoms with van der Waals surface area (Å²) in [5.41, 5.74) is -5.01. The molecule has 0 saturated heterocycles. The zero-order valence-electron chi connectivity index (χ0n) is 17.5. The van der Waals surface area contributed by atoms with E-state index in [0.717, 1.165) is 12.5 Å². The van der Waals surface area contributed by atoms with E-state index in [2.05, 4.69) is 4.18 Å². The summed E-state index contributed by atoms with van der Waals surface area (Å²) < 4.78 is 93.9. The van der Waals surface area contributed by atoms with Crippen molar-refractivity contribution in [1.82, 2.24) is 0 Å². The lowest BCUT2D eigenvalue weighted by atomic mass is 10.2. The van der Waals surface area contributed by atoms with E-state index in [9.17, 15) is 26.2 Å². The molecule has 2 rings (SSSR count). The monoisotopic (exact) mass is 496 g/mol. The van der Waals surface area contributed by atoms with Crippen molar-refractivity contribution in [2.45, 2.75) is 38.8 Å². The van der Waals surface area contributed by atoms with E-state index >= 15 is 0 Å². The van der Waals surface area contributed by atoms with Crippen LogP contribution in [0, 0.1) is 0 Å². The number of rotatable bonds is 12. The molecule has 0 aliphatic heterocycles. The summed E-state index contributed by atoms with van der Waals surface area (Å²) in [5, 5.41) is 0. The van der Waals surface area contributed by atoms with Gasteiger partial charge in [0.15, 0.2) is 11.5 Å². The van der Waals surface area contributed by atoms with Gasteiger partial charge < -0.3 is 18.0 Å². The molecule has 1 unspecified atom stereocenters. The van der Waals surface area contributed by atoms with Crippen LogP contribution in [0.2, 0.25) is 0 Å². The van der Waals surface area contributed by atoms with Gasteiger partial charge >= 0.3 is 23.2 Å².